The van der Waals surface area contributed by atoms with E-state index < -0.39 is 5.97 Å². The summed E-state index contributed by atoms with van der Waals surface area (Å²) in [6.45, 7) is 5.69. The summed E-state index contributed by atoms with van der Waals surface area (Å²) < 4.78 is 0. The Morgan fingerprint density at radius 3 is 2.10 bits per heavy atom. The van der Waals surface area contributed by atoms with Gasteiger partial charge in [0.1, 0.15) is 0 Å². The van der Waals surface area contributed by atoms with Gasteiger partial charge in [-0.2, -0.15) is 12.3 Å². The molecule has 0 bridgehead atoms. The summed E-state index contributed by atoms with van der Waals surface area (Å²) in [6.07, 6.45) is 2.12. The van der Waals surface area contributed by atoms with Crippen molar-refractivity contribution in [3.8, 4) is 0 Å². The minimum atomic E-state index is -0.738. The quantitative estimate of drug-likeness (QED) is 0.732. The second-order valence-corrected chi connectivity index (χ2v) is 2.85. The van der Waals surface area contributed by atoms with Crippen LogP contribution in [0, 0.1) is 11.8 Å². The fourth-order valence-corrected chi connectivity index (χ4v) is 0.492. The number of hydrogen-bond acceptors (Lipinski definition) is 1. The van der Waals surface area contributed by atoms with Crippen molar-refractivity contribution in [2.24, 2.45) is 5.41 Å². The Bertz CT molecular complexity index is 110. The molecule has 0 spiro atoms. The monoisotopic (exact) mass is 218 g/mol. The van der Waals surface area contributed by atoms with Gasteiger partial charge in [0.2, 0.25) is 0 Å². The molecule has 0 saturated heterocycles. The maximum atomic E-state index is 10.2. The van der Waals surface area contributed by atoms with Gasteiger partial charge in [0.05, 0.1) is 0 Å². The molecular weight excluding hydrogens is 205 g/mol. The fraction of sp³-hybridized carbons (Fsp3) is 0.714. The fourth-order valence-electron chi connectivity index (χ4n) is 0.492. The number of carbonyl (C=O) groups is 1. The Hall–Kier alpha value is 0.574. The molecule has 54 valence electrons. The van der Waals surface area contributed by atoms with Crippen molar-refractivity contribution in [3.63, 3.8) is 0 Å². The molecule has 0 aromatic carbocycles. The van der Waals surface area contributed by atoms with E-state index in [1.54, 1.807) is 0 Å². The molecule has 0 aliphatic carbocycles. The Balaban J connectivity index is 0. The van der Waals surface area contributed by atoms with E-state index >= 15 is 0 Å². The van der Waals surface area contributed by atoms with Gasteiger partial charge in [0.15, 0.2) is 0 Å². The van der Waals surface area contributed by atoms with E-state index in [4.69, 9.17) is 5.11 Å². The van der Waals surface area contributed by atoms with Gasteiger partial charge in [0, 0.05) is 6.42 Å². The molecule has 2 nitrogen and oxygen atoms in total. The molecule has 0 amide bonds. The standard InChI is InChI=1S/C7H13O2.Y/c1-4-7(2,3)5-6(8)9;/h4H,5H2,1-3H3,(H,8,9);/q-1;+3. The largest absolute Gasteiger partial charge is 3.00 e. The number of carboxylic acid groups (broad SMARTS) is 1. The molecular formula is C7H13O2Y+2. The van der Waals surface area contributed by atoms with Crippen LogP contribution in [0.3, 0.4) is 0 Å². The van der Waals surface area contributed by atoms with Gasteiger partial charge in [-0.3, -0.25) is 4.79 Å². The predicted molar refractivity (Wildman–Crippen MR) is 36.0 cm³/mol. The summed E-state index contributed by atoms with van der Waals surface area (Å²) in [7, 11) is 0. The van der Waals surface area contributed by atoms with Gasteiger partial charge >= 0.3 is 38.7 Å². The molecule has 0 aromatic rings. The Kier molecular flexibility index (Phi) is 6.93. The van der Waals surface area contributed by atoms with E-state index in [0.717, 1.165) is 0 Å². The average Bonchev–Trinajstić information content (AvgIpc) is 1.63. The van der Waals surface area contributed by atoms with Crippen LogP contribution in [-0.2, 0) is 37.5 Å². The van der Waals surface area contributed by atoms with E-state index in [2.05, 4.69) is 0 Å². The number of carboxylic acids is 1. The molecule has 0 rings (SSSR count). The summed E-state index contributed by atoms with van der Waals surface area (Å²) >= 11 is 0. The second kappa shape index (κ2) is 5.25. The Morgan fingerprint density at radius 2 is 2.00 bits per heavy atom. The van der Waals surface area contributed by atoms with E-state index in [-0.39, 0.29) is 44.5 Å². The molecule has 0 unspecified atom stereocenters. The van der Waals surface area contributed by atoms with Crippen molar-refractivity contribution in [2.75, 3.05) is 0 Å². The van der Waals surface area contributed by atoms with E-state index in [1.807, 2.05) is 27.2 Å². The van der Waals surface area contributed by atoms with Gasteiger partial charge in [-0.1, -0.05) is 13.8 Å². The molecule has 10 heavy (non-hydrogen) atoms. The van der Waals surface area contributed by atoms with E-state index in [9.17, 15) is 4.79 Å². The van der Waals surface area contributed by atoms with Crippen molar-refractivity contribution in [2.45, 2.75) is 27.2 Å². The third-order valence-electron chi connectivity index (χ3n) is 1.39. The number of hydrogen-bond donors (Lipinski definition) is 1. The summed E-state index contributed by atoms with van der Waals surface area (Å²) in [5.41, 5.74) is -0.161. The number of rotatable bonds is 3. The maximum absolute atomic E-state index is 10.2. The molecule has 0 aromatic heterocycles. The molecule has 0 fully saturated rings. The first kappa shape index (κ1) is 13.2. The van der Waals surface area contributed by atoms with Crippen LogP contribution in [-0.4, -0.2) is 11.1 Å². The summed E-state index contributed by atoms with van der Waals surface area (Å²) in [5, 5.41) is 8.36. The molecule has 0 heterocycles. The van der Waals surface area contributed by atoms with Crippen LogP contribution in [0.4, 0.5) is 0 Å². The first-order chi connectivity index (χ1) is 3.98. The van der Waals surface area contributed by atoms with Gasteiger partial charge in [-0.05, 0) is 0 Å². The average molecular weight is 218 g/mol. The molecule has 0 aliphatic heterocycles. The van der Waals surface area contributed by atoms with Crippen LogP contribution in [0.1, 0.15) is 27.2 Å². The van der Waals surface area contributed by atoms with Crippen LogP contribution in [0.2, 0.25) is 0 Å². The minimum Gasteiger partial charge on any atom is -0.481 e. The molecule has 3 heteroatoms. The summed E-state index contributed by atoms with van der Waals surface area (Å²) in [5.74, 6) is -0.738. The smallest absolute Gasteiger partial charge is 0.481 e. The zero-order valence-electron chi connectivity index (χ0n) is 6.72. The third-order valence-corrected chi connectivity index (χ3v) is 1.39. The maximum Gasteiger partial charge on any atom is 3.00 e. The van der Waals surface area contributed by atoms with Crippen LogP contribution in [0.5, 0.6) is 0 Å². The second-order valence-electron chi connectivity index (χ2n) is 2.85. The first-order valence-corrected chi connectivity index (χ1v) is 3.00. The van der Waals surface area contributed by atoms with Crippen LogP contribution < -0.4 is 0 Å². The first-order valence-electron chi connectivity index (χ1n) is 3.00. The van der Waals surface area contributed by atoms with Crippen LogP contribution in [0.15, 0.2) is 0 Å². The van der Waals surface area contributed by atoms with Gasteiger partial charge in [-0.25, -0.2) is 0 Å². The molecule has 0 radical (unpaired) electrons. The zero-order valence-corrected chi connectivity index (χ0v) is 9.56. The zero-order chi connectivity index (χ0) is 7.49. The number of aliphatic carboxylic acids is 1. The Labute approximate surface area is 87.3 Å². The summed E-state index contributed by atoms with van der Waals surface area (Å²) in [4.78, 5) is 10.2. The SMILES string of the molecule is C[CH-]C(C)(C)CC(=O)O.[Y+3]. The van der Waals surface area contributed by atoms with E-state index in [1.165, 1.54) is 0 Å². The molecule has 0 saturated carbocycles. The third kappa shape index (κ3) is 6.69. The van der Waals surface area contributed by atoms with Crippen molar-refractivity contribution in [1.29, 1.82) is 0 Å². The van der Waals surface area contributed by atoms with Gasteiger partial charge in [-0.15, -0.1) is 0 Å². The predicted octanol–water partition coefficient (Wildman–Crippen LogP) is 1.71. The minimum absolute atomic E-state index is 0. The molecule has 1 N–H and O–H groups in total. The van der Waals surface area contributed by atoms with Crippen molar-refractivity contribution >= 4 is 5.97 Å². The van der Waals surface area contributed by atoms with Crippen molar-refractivity contribution in [1.82, 2.24) is 0 Å². The van der Waals surface area contributed by atoms with Gasteiger partial charge < -0.3 is 11.5 Å². The topological polar surface area (TPSA) is 37.3 Å². The van der Waals surface area contributed by atoms with E-state index in [0.29, 0.717) is 0 Å². The van der Waals surface area contributed by atoms with Crippen molar-refractivity contribution in [3.05, 3.63) is 6.42 Å². The summed E-state index contributed by atoms with van der Waals surface area (Å²) in [6, 6.07) is 0. The molecule has 0 atom stereocenters. The van der Waals surface area contributed by atoms with Crippen LogP contribution in [0.25, 0.3) is 0 Å². The Morgan fingerprint density at radius 1 is 1.60 bits per heavy atom. The normalized spacial score (nSPS) is 10.3. The van der Waals surface area contributed by atoms with Gasteiger partial charge in [0.25, 0.3) is 0 Å². The molecule has 0 aliphatic rings. The van der Waals surface area contributed by atoms with Crippen molar-refractivity contribution < 1.29 is 42.6 Å². The van der Waals surface area contributed by atoms with Crippen LogP contribution >= 0.6 is 0 Å².